The molecule has 1 atom stereocenters. The van der Waals surface area contributed by atoms with Crippen molar-refractivity contribution in [2.45, 2.75) is 31.8 Å². The molecule has 0 aliphatic carbocycles. The van der Waals surface area contributed by atoms with Crippen LogP contribution in [0.25, 0.3) is 0 Å². The van der Waals surface area contributed by atoms with E-state index in [0.29, 0.717) is 6.10 Å². The smallest absolute Gasteiger partial charge is 0.0587 e. The molecule has 0 radical (unpaired) electrons. The second-order valence-electron chi connectivity index (χ2n) is 4.37. The SMILES string of the molecule is C1CCC(CCN2CCNCC2)OC1. The minimum Gasteiger partial charge on any atom is -0.378 e. The van der Waals surface area contributed by atoms with Gasteiger partial charge >= 0.3 is 0 Å². The molecule has 2 heterocycles. The Labute approximate surface area is 86.8 Å². The summed E-state index contributed by atoms with van der Waals surface area (Å²) in [6, 6.07) is 0. The molecule has 0 amide bonds. The summed E-state index contributed by atoms with van der Waals surface area (Å²) in [5.74, 6) is 0. The van der Waals surface area contributed by atoms with Gasteiger partial charge in [-0.05, 0) is 25.7 Å². The lowest BCUT2D eigenvalue weighted by Gasteiger charge is -2.30. The summed E-state index contributed by atoms with van der Waals surface area (Å²) >= 11 is 0. The lowest BCUT2D eigenvalue weighted by atomic mass is 10.1. The average molecular weight is 198 g/mol. The van der Waals surface area contributed by atoms with E-state index in [2.05, 4.69) is 10.2 Å². The van der Waals surface area contributed by atoms with Crippen molar-refractivity contribution in [3.8, 4) is 0 Å². The molecule has 0 aromatic rings. The fourth-order valence-corrected chi connectivity index (χ4v) is 2.30. The fourth-order valence-electron chi connectivity index (χ4n) is 2.30. The Kier molecular flexibility index (Phi) is 4.22. The summed E-state index contributed by atoms with van der Waals surface area (Å²) in [6.07, 6.45) is 5.71. The molecule has 3 heteroatoms. The Hall–Kier alpha value is -0.120. The minimum absolute atomic E-state index is 0.554. The Morgan fingerprint density at radius 3 is 2.79 bits per heavy atom. The van der Waals surface area contributed by atoms with Gasteiger partial charge in [-0.25, -0.2) is 0 Å². The van der Waals surface area contributed by atoms with Gasteiger partial charge in [0.15, 0.2) is 0 Å². The first kappa shape index (κ1) is 10.4. The van der Waals surface area contributed by atoms with Crippen molar-refractivity contribution >= 4 is 0 Å². The highest BCUT2D eigenvalue weighted by atomic mass is 16.5. The Balaban J connectivity index is 1.60. The van der Waals surface area contributed by atoms with Crippen LogP contribution in [-0.2, 0) is 4.74 Å². The standard InChI is InChI=1S/C11H22N2O/c1-2-10-14-11(3-1)4-7-13-8-5-12-6-9-13/h11-12H,1-10H2. The van der Waals surface area contributed by atoms with Crippen LogP contribution >= 0.6 is 0 Å². The van der Waals surface area contributed by atoms with Crippen LogP contribution in [-0.4, -0.2) is 50.3 Å². The molecule has 0 aromatic heterocycles. The monoisotopic (exact) mass is 198 g/mol. The highest BCUT2D eigenvalue weighted by Gasteiger charge is 2.16. The van der Waals surface area contributed by atoms with Gasteiger partial charge in [0.05, 0.1) is 6.10 Å². The maximum atomic E-state index is 5.73. The molecule has 2 saturated heterocycles. The Morgan fingerprint density at radius 2 is 2.07 bits per heavy atom. The van der Waals surface area contributed by atoms with E-state index >= 15 is 0 Å². The van der Waals surface area contributed by atoms with Gasteiger partial charge in [-0.1, -0.05) is 0 Å². The first-order chi connectivity index (χ1) is 6.95. The fraction of sp³-hybridized carbons (Fsp3) is 1.00. The van der Waals surface area contributed by atoms with E-state index in [0.717, 1.165) is 19.7 Å². The molecular formula is C11H22N2O. The zero-order chi connectivity index (χ0) is 9.64. The van der Waals surface area contributed by atoms with Crippen molar-refractivity contribution < 1.29 is 4.74 Å². The summed E-state index contributed by atoms with van der Waals surface area (Å²) in [5, 5.41) is 3.38. The lowest BCUT2D eigenvalue weighted by Crippen LogP contribution is -2.44. The molecule has 82 valence electrons. The van der Waals surface area contributed by atoms with Gasteiger partial charge in [0.25, 0.3) is 0 Å². The van der Waals surface area contributed by atoms with Gasteiger partial charge in [-0.15, -0.1) is 0 Å². The molecule has 1 N–H and O–H groups in total. The van der Waals surface area contributed by atoms with Crippen molar-refractivity contribution in [3.05, 3.63) is 0 Å². The predicted octanol–water partition coefficient (Wildman–Crippen LogP) is 0.851. The molecule has 3 nitrogen and oxygen atoms in total. The maximum Gasteiger partial charge on any atom is 0.0587 e. The van der Waals surface area contributed by atoms with Gasteiger partial charge in [0.1, 0.15) is 0 Å². The number of nitrogens with zero attached hydrogens (tertiary/aromatic N) is 1. The number of rotatable bonds is 3. The third-order valence-electron chi connectivity index (χ3n) is 3.25. The van der Waals surface area contributed by atoms with Crippen molar-refractivity contribution in [1.82, 2.24) is 10.2 Å². The Morgan fingerprint density at radius 1 is 1.21 bits per heavy atom. The molecule has 0 saturated carbocycles. The zero-order valence-electron chi connectivity index (χ0n) is 9.00. The quantitative estimate of drug-likeness (QED) is 0.727. The van der Waals surface area contributed by atoms with Gasteiger partial charge < -0.3 is 15.0 Å². The van der Waals surface area contributed by atoms with Crippen LogP contribution in [0.15, 0.2) is 0 Å². The van der Waals surface area contributed by atoms with Crippen LogP contribution in [0.2, 0.25) is 0 Å². The van der Waals surface area contributed by atoms with E-state index < -0.39 is 0 Å². The molecular weight excluding hydrogens is 176 g/mol. The molecule has 1 unspecified atom stereocenters. The molecule has 2 aliphatic heterocycles. The second kappa shape index (κ2) is 5.69. The van der Waals surface area contributed by atoms with Crippen molar-refractivity contribution in [3.63, 3.8) is 0 Å². The molecule has 2 rings (SSSR count). The van der Waals surface area contributed by atoms with Gasteiger partial charge in [0, 0.05) is 39.3 Å². The Bertz CT molecular complexity index is 133. The summed E-state index contributed by atoms with van der Waals surface area (Å²) < 4.78 is 5.73. The molecule has 14 heavy (non-hydrogen) atoms. The van der Waals surface area contributed by atoms with Crippen molar-refractivity contribution in [2.75, 3.05) is 39.3 Å². The number of ether oxygens (including phenoxy) is 1. The normalized spacial score (nSPS) is 30.4. The van der Waals surface area contributed by atoms with E-state index in [9.17, 15) is 0 Å². The summed E-state index contributed by atoms with van der Waals surface area (Å²) in [4.78, 5) is 2.55. The van der Waals surface area contributed by atoms with Gasteiger partial charge in [0.2, 0.25) is 0 Å². The number of nitrogens with one attached hydrogen (secondary N) is 1. The third kappa shape index (κ3) is 3.23. The largest absolute Gasteiger partial charge is 0.378 e. The van der Waals surface area contributed by atoms with Crippen LogP contribution in [0, 0.1) is 0 Å². The minimum atomic E-state index is 0.554. The highest BCUT2D eigenvalue weighted by molar-refractivity contribution is 4.71. The van der Waals surface area contributed by atoms with Crippen LogP contribution in [0.5, 0.6) is 0 Å². The first-order valence-electron chi connectivity index (χ1n) is 6.00. The van der Waals surface area contributed by atoms with Gasteiger partial charge in [-0.3, -0.25) is 0 Å². The third-order valence-corrected chi connectivity index (χ3v) is 3.25. The van der Waals surface area contributed by atoms with Crippen LogP contribution < -0.4 is 5.32 Å². The molecule has 0 aromatic carbocycles. The zero-order valence-corrected chi connectivity index (χ0v) is 9.00. The molecule has 0 spiro atoms. The number of hydrogen-bond donors (Lipinski definition) is 1. The summed E-state index contributed by atoms with van der Waals surface area (Å²) in [5.41, 5.74) is 0. The van der Waals surface area contributed by atoms with Crippen LogP contribution in [0.1, 0.15) is 25.7 Å². The van der Waals surface area contributed by atoms with E-state index in [4.69, 9.17) is 4.74 Å². The maximum absolute atomic E-state index is 5.73. The van der Waals surface area contributed by atoms with E-state index in [1.165, 1.54) is 45.3 Å². The van der Waals surface area contributed by atoms with Gasteiger partial charge in [-0.2, -0.15) is 0 Å². The van der Waals surface area contributed by atoms with Crippen LogP contribution in [0.3, 0.4) is 0 Å². The molecule has 2 fully saturated rings. The summed E-state index contributed by atoms with van der Waals surface area (Å²) in [6.45, 7) is 6.97. The first-order valence-corrected chi connectivity index (χ1v) is 6.00. The topological polar surface area (TPSA) is 24.5 Å². The number of piperazine rings is 1. The summed E-state index contributed by atoms with van der Waals surface area (Å²) in [7, 11) is 0. The van der Waals surface area contributed by atoms with E-state index in [1.54, 1.807) is 0 Å². The average Bonchev–Trinajstić information content (AvgIpc) is 2.29. The van der Waals surface area contributed by atoms with E-state index in [-0.39, 0.29) is 0 Å². The van der Waals surface area contributed by atoms with Crippen molar-refractivity contribution in [2.24, 2.45) is 0 Å². The second-order valence-corrected chi connectivity index (χ2v) is 4.37. The van der Waals surface area contributed by atoms with E-state index in [1.807, 2.05) is 0 Å². The lowest BCUT2D eigenvalue weighted by molar-refractivity contribution is 0.00494. The molecule has 2 aliphatic rings. The highest BCUT2D eigenvalue weighted by Crippen LogP contribution is 2.15. The van der Waals surface area contributed by atoms with Crippen LogP contribution in [0.4, 0.5) is 0 Å². The predicted molar refractivity (Wildman–Crippen MR) is 57.5 cm³/mol. The molecule has 0 bridgehead atoms. The number of hydrogen-bond acceptors (Lipinski definition) is 3. The van der Waals surface area contributed by atoms with Crippen molar-refractivity contribution in [1.29, 1.82) is 0 Å².